The van der Waals surface area contributed by atoms with Crippen LogP contribution in [-0.4, -0.2) is 11.9 Å². The van der Waals surface area contributed by atoms with E-state index in [9.17, 15) is 4.79 Å². The molecule has 0 saturated heterocycles. The number of anilines is 1. The summed E-state index contributed by atoms with van der Waals surface area (Å²) in [6, 6.07) is 7.89. The minimum Gasteiger partial charge on any atom is -0.328 e. The van der Waals surface area contributed by atoms with Gasteiger partial charge in [-0.2, -0.15) is 0 Å². The number of carbonyl (C=O) groups is 1. The van der Waals surface area contributed by atoms with E-state index < -0.39 is 0 Å². The topological polar surface area (TPSA) is 55.1 Å². The maximum atomic E-state index is 10.8. The molecular formula is C11H16N2O. The Balaban J connectivity index is 2.73. The molecule has 0 bridgehead atoms. The second kappa shape index (κ2) is 4.77. The van der Waals surface area contributed by atoms with E-state index in [0.29, 0.717) is 0 Å². The number of carbonyl (C=O) groups excluding carboxylic acids is 1. The van der Waals surface area contributed by atoms with Crippen molar-refractivity contribution >= 4 is 11.6 Å². The Morgan fingerprint density at radius 1 is 1.57 bits per heavy atom. The number of amides is 1. The lowest BCUT2D eigenvalue weighted by atomic mass is 10.1. The molecule has 0 heterocycles. The van der Waals surface area contributed by atoms with Crippen molar-refractivity contribution in [1.29, 1.82) is 0 Å². The van der Waals surface area contributed by atoms with Gasteiger partial charge in [0.15, 0.2) is 0 Å². The van der Waals surface area contributed by atoms with Crippen molar-refractivity contribution in [1.82, 2.24) is 0 Å². The van der Waals surface area contributed by atoms with Gasteiger partial charge >= 0.3 is 0 Å². The lowest BCUT2D eigenvalue weighted by Gasteiger charge is -2.07. The van der Waals surface area contributed by atoms with Crippen molar-refractivity contribution < 1.29 is 4.79 Å². The van der Waals surface area contributed by atoms with Gasteiger partial charge in [0.25, 0.3) is 0 Å². The number of nitrogens with one attached hydrogen (secondary N) is 1. The highest BCUT2D eigenvalue weighted by atomic mass is 16.1. The summed E-state index contributed by atoms with van der Waals surface area (Å²) in [7, 11) is 0. The molecule has 0 spiro atoms. The molecule has 1 rings (SSSR count). The van der Waals surface area contributed by atoms with E-state index in [0.717, 1.165) is 17.7 Å². The van der Waals surface area contributed by atoms with Crippen LogP contribution < -0.4 is 11.1 Å². The quantitative estimate of drug-likeness (QED) is 0.763. The van der Waals surface area contributed by atoms with E-state index in [1.54, 1.807) is 0 Å². The van der Waals surface area contributed by atoms with Gasteiger partial charge in [0, 0.05) is 18.7 Å². The first-order valence-electron chi connectivity index (χ1n) is 4.70. The third-order valence-electron chi connectivity index (χ3n) is 1.81. The summed E-state index contributed by atoms with van der Waals surface area (Å²) in [5.74, 6) is -0.0528. The average Bonchev–Trinajstić information content (AvgIpc) is 2.01. The molecule has 3 heteroatoms. The van der Waals surface area contributed by atoms with Gasteiger partial charge in [0.05, 0.1) is 0 Å². The zero-order valence-corrected chi connectivity index (χ0v) is 8.58. The molecule has 1 aromatic carbocycles. The van der Waals surface area contributed by atoms with Crippen LogP contribution in [-0.2, 0) is 11.2 Å². The number of benzene rings is 1. The van der Waals surface area contributed by atoms with Gasteiger partial charge in [0.1, 0.15) is 0 Å². The van der Waals surface area contributed by atoms with Crippen LogP contribution in [0, 0.1) is 0 Å². The van der Waals surface area contributed by atoms with Gasteiger partial charge < -0.3 is 11.1 Å². The van der Waals surface area contributed by atoms with Crippen LogP contribution in [0.25, 0.3) is 0 Å². The first kappa shape index (κ1) is 10.7. The monoisotopic (exact) mass is 192 g/mol. The summed E-state index contributed by atoms with van der Waals surface area (Å²) in [5.41, 5.74) is 7.66. The molecule has 76 valence electrons. The van der Waals surface area contributed by atoms with Crippen molar-refractivity contribution in [3.63, 3.8) is 0 Å². The Morgan fingerprint density at radius 2 is 2.29 bits per heavy atom. The largest absolute Gasteiger partial charge is 0.328 e. The zero-order valence-electron chi connectivity index (χ0n) is 8.58. The van der Waals surface area contributed by atoms with Crippen LogP contribution in [0.4, 0.5) is 5.69 Å². The fraction of sp³-hybridized carbons (Fsp3) is 0.364. The molecule has 0 aromatic heterocycles. The maximum absolute atomic E-state index is 10.8. The summed E-state index contributed by atoms with van der Waals surface area (Å²) in [4.78, 5) is 10.8. The van der Waals surface area contributed by atoms with Crippen LogP contribution in [0.3, 0.4) is 0 Å². The van der Waals surface area contributed by atoms with E-state index in [1.807, 2.05) is 31.2 Å². The van der Waals surface area contributed by atoms with Gasteiger partial charge in [-0.05, 0) is 31.0 Å². The Kier molecular flexibility index (Phi) is 3.65. The van der Waals surface area contributed by atoms with Crippen LogP contribution in [0.2, 0.25) is 0 Å². The van der Waals surface area contributed by atoms with Gasteiger partial charge in [0.2, 0.25) is 5.91 Å². The van der Waals surface area contributed by atoms with Crippen LogP contribution in [0.1, 0.15) is 19.4 Å². The summed E-state index contributed by atoms with van der Waals surface area (Å²) < 4.78 is 0. The SMILES string of the molecule is CC(=O)Nc1cccc(C[C@H](C)N)c1. The van der Waals surface area contributed by atoms with Crippen molar-refractivity contribution in [3.05, 3.63) is 29.8 Å². The normalized spacial score (nSPS) is 12.2. The summed E-state index contributed by atoms with van der Waals surface area (Å²) in [6.45, 7) is 3.46. The average molecular weight is 192 g/mol. The van der Waals surface area contributed by atoms with Crippen molar-refractivity contribution in [2.24, 2.45) is 5.73 Å². The second-order valence-corrected chi connectivity index (χ2v) is 3.56. The standard InChI is InChI=1S/C11H16N2O/c1-8(12)6-10-4-3-5-11(7-10)13-9(2)14/h3-5,7-8H,6,12H2,1-2H3,(H,13,14)/t8-/m0/s1. The van der Waals surface area contributed by atoms with Crippen LogP contribution in [0.15, 0.2) is 24.3 Å². The Bertz CT molecular complexity index is 321. The highest BCUT2D eigenvalue weighted by Gasteiger charge is 2.00. The third kappa shape index (κ3) is 3.58. The number of hydrogen-bond acceptors (Lipinski definition) is 2. The fourth-order valence-corrected chi connectivity index (χ4v) is 1.35. The predicted octanol–water partition coefficient (Wildman–Crippen LogP) is 1.53. The summed E-state index contributed by atoms with van der Waals surface area (Å²) >= 11 is 0. The molecule has 0 saturated carbocycles. The molecule has 0 fully saturated rings. The molecular weight excluding hydrogens is 176 g/mol. The van der Waals surface area contributed by atoms with Gasteiger partial charge in [-0.1, -0.05) is 12.1 Å². The van der Waals surface area contributed by atoms with E-state index in [-0.39, 0.29) is 11.9 Å². The van der Waals surface area contributed by atoms with Gasteiger partial charge in [-0.25, -0.2) is 0 Å². The molecule has 0 radical (unpaired) electrons. The lowest BCUT2D eigenvalue weighted by molar-refractivity contribution is -0.114. The molecule has 3 N–H and O–H groups in total. The van der Waals surface area contributed by atoms with Crippen molar-refractivity contribution in [2.45, 2.75) is 26.3 Å². The molecule has 14 heavy (non-hydrogen) atoms. The number of rotatable bonds is 3. The molecule has 1 atom stereocenters. The number of hydrogen-bond donors (Lipinski definition) is 2. The molecule has 1 aromatic rings. The first-order valence-corrected chi connectivity index (χ1v) is 4.70. The molecule has 1 amide bonds. The smallest absolute Gasteiger partial charge is 0.221 e. The fourth-order valence-electron chi connectivity index (χ4n) is 1.35. The highest BCUT2D eigenvalue weighted by molar-refractivity contribution is 5.88. The van der Waals surface area contributed by atoms with Crippen molar-refractivity contribution in [2.75, 3.05) is 5.32 Å². The van der Waals surface area contributed by atoms with Gasteiger partial charge in [-0.3, -0.25) is 4.79 Å². The van der Waals surface area contributed by atoms with E-state index in [2.05, 4.69) is 5.32 Å². The minimum atomic E-state index is -0.0528. The summed E-state index contributed by atoms with van der Waals surface area (Å²) in [6.07, 6.45) is 0.827. The summed E-state index contributed by atoms with van der Waals surface area (Å²) in [5, 5.41) is 2.74. The van der Waals surface area contributed by atoms with Crippen molar-refractivity contribution in [3.8, 4) is 0 Å². The molecule has 0 unspecified atom stereocenters. The Labute approximate surface area is 84.3 Å². The lowest BCUT2D eigenvalue weighted by Crippen LogP contribution is -2.17. The Morgan fingerprint density at radius 3 is 2.86 bits per heavy atom. The maximum Gasteiger partial charge on any atom is 0.221 e. The first-order chi connectivity index (χ1) is 6.58. The van der Waals surface area contributed by atoms with E-state index in [1.165, 1.54) is 6.92 Å². The van der Waals surface area contributed by atoms with Crippen LogP contribution in [0.5, 0.6) is 0 Å². The van der Waals surface area contributed by atoms with E-state index in [4.69, 9.17) is 5.73 Å². The molecule has 3 nitrogen and oxygen atoms in total. The molecule has 0 aliphatic heterocycles. The van der Waals surface area contributed by atoms with Gasteiger partial charge in [-0.15, -0.1) is 0 Å². The molecule has 0 aliphatic carbocycles. The second-order valence-electron chi connectivity index (χ2n) is 3.56. The van der Waals surface area contributed by atoms with E-state index >= 15 is 0 Å². The van der Waals surface area contributed by atoms with Crippen LogP contribution >= 0.6 is 0 Å². The predicted molar refractivity (Wildman–Crippen MR) is 58.1 cm³/mol. The zero-order chi connectivity index (χ0) is 10.6. The minimum absolute atomic E-state index is 0.0528. The number of nitrogens with two attached hydrogens (primary N) is 1. The highest BCUT2D eigenvalue weighted by Crippen LogP contribution is 2.11. The Hall–Kier alpha value is -1.35. The third-order valence-corrected chi connectivity index (χ3v) is 1.81. The molecule has 0 aliphatic rings.